The topological polar surface area (TPSA) is 120 Å². The zero-order chi connectivity index (χ0) is 19.4. The van der Waals surface area contributed by atoms with Crippen molar-refractivity contribution in [3.05, 3.63) is 12.2 Å². The Morgan fingerprint density at radius 3 is 2.23 bits per heavy atom. The van der Waals surface area contributed by atoms with Gasteiger partial charge in [0.1, 0.15) is 30.5 Å². The van der Waals surface area contributed by atoms with Crippen molar-refractivity contribution in [3.8, 4) is 47.4 Å². The number of aliphatic hydroxyl groups is 5. The molecule has 1 aliphatic rings. The summed E-state index contributed by atoms with van der Waals surface area (Å²) in [6.45, 7) is 0.729. The van der Waals surface area contributed by atoms with Crippen molar-refractivity contribution in [1.82, 2.24) is 0 Å². The van der Waals surface area contributed by atoms with Crippen LogP contribution in [0.1, 0.15) is 6.92 Å². The molecule has 6 atom stereocenters. The van der Waals surface area contributed by atoms with Gasteiger partial charge in [-0.05, 0) is 48.5 Å². The molecule has 1 aliphatic heterocycles. The Balaban J connectivity index is 2.67. The summed E-state index contributed by atoms with van der Waals surface area (Å²) in [5, 5.41) is 47.6. The fourth-order valence-electron chi connectivity index (χ4n) is 1.87. The molecule has 0 radical (unpaired) electrons. The number of ether oxygens (including phenoxy) is 2. The highest BCUT2D eigenvalue weighted by molar-refractivity contribution is 5.41. The summed E-state index contributed by atoms with van der Waals surface area (Å²) >= 11 is 0. The van der Waals surface area contributed by atoms with E-state index in [-0.39, 0.29) is 0 Å². The van der Waals surface area contributed by atoms with Crippen LogP contribution in [0.5, 0.6) is 0 Å². The van der Waals surface area contributed by atoms with Gasteiger partial charge < -0.3 is 35.0 Å². The number of allylic oxidation sites excluding steroid dienone is 2. The zero-order valence-corrected chi connectivity index (χ0v) is 14.1. The van der Waals surface area contributed by atoms with Crippen LogP contribution < -0.4 is 0 Å². The molecule has 7 heteroatoms. The van der Waals surface area contributed by atoms with Crippen molar-refractivity contribution in [2.75, 3.05) is 13.2 Å². The van der Waals surface area contributed by atoms with Gasteiger partial charge in [-0.1, -0.05) is 17.9 Å². The van der Waals surface area contributed by atoms with Gasteiger partial charge in [-0.15, -0.1) is 0 Å². The van der Waals surface area contributed by atoms with Gasteiger partial charge in [0.05, 0.1) is 13.2 Å². The first-order valence-corrected chi connectivity index (χ1v) is 7.74. The van der Waals surface area contributed by atoms with Crippen LogP contribution in [-0.4, -0.2) is 75.6 Å². The molecule has 0 aliphatic carbocycles. The number of hydrogen-bond acceptors (Lipinski definition) is 7. The largest absolute Gasteiger partial charge is 0.394 e. The second-order valence-corrected chi connectivity index (χ2v) is 5.04. The van der Waals surface area contributed by atoms with E-state index in [1.54, 1.807) is 12.2 Å². The van der Waals surface area contributed by atoms with Gasteiger partial charge in [0.25, 0.3) is 0 Å². The maximum absolute atomic E-state index is 9.86. The van der Waals surface area contributed by atoms with Gasteiger partial charge in [0.15, 0.2) is 6.29 Å². The molecule has 1 rings (SSSR count). The standard InChI is InChI=1S/C19H20O7/c1-2-3-4-5-6-7-8-9-10-11-14(12-20)25-19-18(24)17(23)16(22)15(13-21)26-19/h2-3,14-24H,12-13H2,1H3/b3-2+/t14?,15-,16-,17+,18-,19-/m1/s1. The first-order chi connectivity index (χ1) is 12.5. The van der Waals surface area contributed by atoms with Crippen LogP contribution in [0.3, 0.4) is 0 Å². The predicted molar refractivity (Wildman–Crippen MR) is 91.6 cm³/mol. The Kier molecular flexibility index (Phi) is 10.1. The zero-order valence-electron chi connectivity index (χ0n) is 14.1. The third-order valence-electron chi connectivity index (χ3n) is 3.18. The van der Waals surface area contributed by atoms with E-state index in [4.69, 9.17) is 14.6 Å². The Morgan fingerprint density at radius 1 is 0.962 bits per heavy atom. The highest BCUT2D eigenvalue weighted by Crippen LogP contribution is 2.22. The maximum Gasteiger partial charge on any atom is 0.188 e. The Bertz CT molecular complexity index is 712. The molecule has 5 N–H and O–H groups in total. The molecular weight excluding hydrogens is 340 g/mol. The fourth-order valence-corrected chi connectivity index (χ4v) is 1.87. The fraction of sp³-hybridized carbons (Fsp3) is 0.474. The van der Waals surface area contributed by atoms with E-state index >= 15 is 0 Å². The Morgan fingerprint density at radius 2 is 1.62 bits per heavy atom. The summed E-state index contributed by atoms with van der Waals surface area (Å²) in [5.41, 5.74) is 0. The van der Waals surface area contributed by atoms with Crippen LogP contribution >= 0.6 is 0 Å². The molecule has 1 heterocycles. The van der Waals surface area contributed by atoms with Gasteiger partial charge in [0, 0.05) is 0 Å². The van der Waals surface area contributed by atoms with E-state index < -0.39 is 50.0 Å². The molecule has 0 bridgehead atoms. The molecule has 0 aromatic rings. The third kappa shape index (κ3) is 6.90. The molecule has 0 aromatic carbocycles. The van der Waals surface area contributed by atoms with Gasteiger partial charge in [0.2, 0.25) is 0 Å². The highest BCUT2D eigenvalue weighted by atomic mass is 16.7. The van der Waals surface area contributed by atoms with Crippen molar-refractivity contribution in [3.63, 3.8) is 0 Å². The van der Waals surface area contributed by atoms with E-state index in [1.165, 1.54) is 0 Å². The monoisotopic (exact) mass is 360 g/mol. The lowest BCUT2D eigenvalue weighted by Gasteiger charge is -2.40. The molecule has 1 unspecified atom stereocenters. The van der Waals surface area contributed by atoms with Gasteiger partial charge >= 0.3 is 0 Å². The van der Waals surface area contributed by atoms with Crippen molar-refractivity contribution < 1.29 is 35.0 Å². The lowest BCUT2D eigenvalue weighted by Crippen LogP contribution is -2.59. The number of rotatable bonds is 4. The lowest BCUT2D eigenvalue weighted by atomic mass is 9.99. The first-order valence-electron chi connectivity index (χ1n) is 7.74. The number of hydrogen-bond donors (Lipinski definition) is 5. The van der Waals surface area contributed by atoms with E-state index in [2.05, 4.69) is 47.4 Å². The highest BCUT2D eigenvalue weighted by Gasteiger charge is 2.44. The van der Waals surface area contributed by atoms with Crippen LogP contribution in [-0.2, 0) is 9.47 Å². The summed E-state index contributed by atoms with van der Waals surface area (Å²) in [5.74, 6) is 20.0. The Labute approximate surface area is 152 Å². The average molecular weight is 360 g/mol. The SMILES string of the molecule is C/C=C/C#CC#CC#CC#CC(CO)O[C@@H]1O[C@H](CO)[C@@H](O)[C@H](O)[C@H]1O. The van der Waals surface area contributed by atoms with Crippen molar-refractivity contribution >= 4 is 0 Å². The second kappa shape index (κ2) is 12.1. The average Bonchev–Trinajstić information content (AvgIpc) is 2.65. The van der Waals surface area contributed by atoms with Gasteiger partial charge in [-0.3, -0.25) is 0 Å². The smallest absolute Gasteiger partial charge is 0.188 e. The van der Waals surface area contributed by atoms with E-state index in [0.29, 0.717) is 0 Å². The molecule has 26 heavy (non-hydrogen) atoms. The molecule has 0 spiro atoms. The van der Waals surface area contributed by atoms with Crippen LogP contribution in [0.4, 0.5) is 0 Å². The minimum Gasteiger partial charge on any atom is -0.394 e. The lowest BCUT2D eigenvalue weighted by molar-refractivity contribution is -0.308. The molecule has 1 fully saturated rings. The van der Waals surface area contributed by atoms with E-state index in [1.807, 2.05) is 6.92 Å². The minimum absolute atomic E-state index is 0.524. The molecule has 1 saturated heterocycles. The minimum atomic E-state index is -1.57. The summed E-state index contributed by atoms with van der Waals surface area (Å²) in [7, 11) is 0. The van der Waals surface area contributed by atoms with Crippen molar-refractivity contribution in [2.45, 2.75) is 43.7 Å². The first kappa shape index (κ1) is 21.7. The summed E-state index contributed by atoms with van der Waals surface area (Å²) in [6.07, 6.45) is -4.77. The van der Waals surface area contributed by atoms with Crippen molar-refractivity contribution in [2.24, 2.45) is 0 Å². The summed E-state index contributed by atoms with van der Waals surface area (Å²) < 4.78 is 10.4. The van der Waals surface area contributed by atoms with Crippen LogP contribution in [0, 0.1) is 47.4 Å². The molecule has 0 amide bonds. The maximum atomic E-state index is 9.86. The van der Waals surface area contributed by atoms with Gasteiger partial charge in [-0.25, -0.2) is 0 Å². The molecule has 0 saturated carbocycles. The molecule has 7 nitrogen and oxygen atoms in total. The third-order valence-corrected chi connectivity index (χ3v) is 3.18. The van der Waals surface area contributed by atoms with Crippen LogP contribution in [0.25, 0.3) is 0 Å². The predicted octanol–water partition coefficient (Wildman–Crippen LogP) is -2.25. The quantitative estimate of drug-likeness (QED) is 0.360. The van der Waals surface area contributed by atoms with Crippen LogP contribution in [0.2, 0.25) is 0 Å². The van der Waals surface area contributed by atoms with Crippen LogP contribution in [0.15, 0.2) is 12.2 Å². The summed E-state index contributed by atoms with van der Waals surface area (Å²) in [4.78, 5) is 0. The second-order valence-electron chi connectivity index (χ2n) is 5.04. The van der Waals surface area contributed by atoms with Gasteiger partial charge in [-0.2, -0.15) is 0 Å². The van der Waals surface area contributed by atoms with E-state index in [0.717, 1.165) is 0 Å². The molecule has 0 aromatic heterocycles. The summed E-state index contributed by atoms with van der Waals surface area (Å²) in [6, 6.07) is 0. The molecule has 138 valence electrons. The molecular formula is C19H20O7. The number of aliphatic hydroxyl groups excluding tert-OH is 5. The Hall–Kier alpha value is -2.30. The van der Waals surface area contributed by atoms with E-state index in [9.17, 15) is 20.4 Å². The van der Waals surface area contributed by atoms with Crippen molar-refractivity contribution in [1.29, 1.82) is 0 Å². The normalized spacial score (nSPS) is 28.3.